The number of hydrogen-bond donors (Lipinski definition) is 1. The molecule has 6 nitrogen and oxygen atoms in total. The number of aromatic nitrogens is 2. The summed E-state index contributed by atoms with van der Waals surface area (Å²) in [7, 11) is 3.40. The molecule has 27 heavy (non-hydrogen) atoms. The smallest absolute Gasteiger partial charge is 0.282 e. The van der Waals surface area contributed by atoms with Gasteiger partial charge in [-0.2, -0.15) is 4.98 Å². The van der Waals surface area contributed by atoms with Crippen LogP contribution in [0.5, 0.6) is 11.5 Å². The van der Waals surface area contributed by atoms with Crippen LogP contribution in [0.2, 0.25) is 0 Å². The van der Waals surface area contributed by atoms with Crippen molar-refractivity contribution < 1.29 is 18.9 Å². The number of likely N-dealkylation sites (tertiary alicyclic amines) is 1. The maximum absolute atomic E-state index is 5.60. The summed E-state index contributed by atoms with van der Waals surface area (Å²) < 4.78 is 16.5. The third kappa shape index (κ3) is 3.66. The predicted octanol–water partition coefficient (Wildman–Crippen LogP) is 2.67. The second-order valence-electron chi connectivity index (χ2n) is 6.77. The van der Waals surface area contributed by atoms with Crippen LogP contribution in [0.1, 0.15) is 30.3 Å². The molecule has 1 aliphatic rings. The van der Waals surface area contributed by atoms with E-state index in [4.69, 9.17) is 14.0 Å². The molecule has 1 saturated heterocycles. The fraction of sp³-hybridized carbons (Fsp3) is 0.333. The molecule has 1 unspecified atom stereocenters. The Hall–Kier alpha value is -2.86. The van der Waals surface area contributed by atoms with E-state index in [0.717, 1.165) is 36.4 Å². The molecular formula is C21H24N3O3+. The highest BCUT2D eigenvalue weighted by molar-refractivity contribution is 5.53. The number of quaternary nitrogens is 1. The average molecular weight is 366 g/mol. The van der Waals surface area contributed by atoms with E-state index in [9.17, 15) is 0 Å². The Balaban J connectivity index is 1.55. The van der Waals surface area contributed by atoms with Crippen molar-refractivity contribution >= 4 is 0 Å². The van der Waals surface area contributed by atoms with Gasteiger partial charge in [-0.1, -0.05) is 35.5 Å². The van der Waals surface area contributed by atoms with Crippen LogP contribution in [-0.2, 0) is 6.54 Å². The molecule has 1 fully saturated rings. The van der Waals surface area contributed by atoms with Crippen LogP contribution < -0.4 is 14.4 Å². The highest BCUT2D eigenvalue weighted by Gasteiger charge is 2.34. The van der Waals surface area contributed by atoms with Crippen LogP contribution in [0, 0.1) is 0 Å². The van der Waals surface area contributed by atoms with E-state index < -0.39 is 0 Å². The highest BCUT2D eigenvalue weighted by atomic mass is 16.5. The maximum Gasteiger partial charge on any atom is 0.282 e. The maximum atomic E-state index is 5.60. The Labute approximate surface area is 158 Å². The summed E-state index contributed by atoms with van der Waals surface area (Å²) in [6.07, 6.45) is 2.25. The Bertz CT molecular complexity index is 895. The fourth-order valence-electron chi connectivity index (χ4n) is 3.84. The first-order valence-electron chi connectivity index (χ1n) is 9.23. The summed E-state index contributed by atoms with van der Waals surface area (Å²) in [6, 6.07) is 16.2. The second kappa shape index (κ2) is 7.80. The standard InChI is InChI=1S/C21H23N3O3/c1-25-16-10-11-19(26-2)17(13-16)18-9-6-12-24(18)14-20-22-21(23-27-20)15-7-4-3-5-8-15/h3-5,7-8,10-11,13,18H,6,9,12,14H2,1-2H3/p+1/t18-/m1/s1. The predicted molar refractivity (Wildman–Crippen MR) is 101 cm³/mol. The summed E-state index contributed by atoms with van der Waals surface area (Å²) in [5, 5.41) is 4.14. The molecule has 6 heteroatoms. The first kappa shape index (κ1) is 17.5. The molecule has 2 atom stereocenters. The molecule has 0 saturated carbocycles. The van der Waals surface area contributed by atoms with Gasteiger partial charge in [-0.25, -0.2) is 0 Å². The number of methoxy groups -OCH3 is 2. The van der Waals surface area contributed by atoms with E-state index >= 15 is 0 Å². The lowest BCUT2D eigenvalue weighted by molar-refractivity contribution is -0.933. The van der Waals surface area contributed by atoms with Gasteiger partial charge in [0.15, 0.2) is 6.54 Å². The SMILES string of the molecule is COc1ccc(OC)c([C@H]2CCC[NH+]2Cc2nc(-c3ccccc3)no2)c1. The van der Waals surface area contributed by atoms with Gasteiger partial charge >= 0.3 is 0 Å². The summed E-state index contributed by atoms with van der Waals surface area (Å²) in [5.41, 5.74) is 2.14. The molecule has 2 aromatic carbocycles. The fourth-order valence-corrected chi connectivity index (χ4v) is 3.84. The zero-order chi connectivity index (χ0) is 18.6. The van der Waals surface area contributed by atoms with E-state index in [-0.39, 0.29) is 0 Å². The van der Waals surface area contributed by atoms with Crippen LogP contribution in [0.25, 0.3) is 11.4 Å². The third-order valence-electron chi connectivity index (χ3n) is 5.17. The quantitative estimate of drug-likeness (QED) is 0.727. The van der Waals surface area contributed by atoms with Gasteiger partial charge < -0.3 is 18.9 Å². The Morgan fingerprint density at radius 2 is 1.96 bits per heavy atom. The van der Waals surface area contributed by atoms with Crippen molar-refractivity contribution in [3.63, 3.8) is 0 Å². The van der Waals surface area contributed by atoms with Gasteiger partial charge in [0.2, 0.25) is 5.82 Å². The molecule has 0 aliphatic carbocycles. The minimum atomic E-state index is 0.321. The second-order valence-corrected chi connectivity index (χ2v) is 6.77. The number of nitrogens with zero attached hydrogens (tertiary/aromatic N) is 2. The van der Waals surface area contributed by atoms with Gasteiger partial charge in [0.1, 0.15) is 17.5 Å². The number of benzene rings is 2. The molecule has 0 spiro atoms. The monoisotopic (exact) mass is 366 g/mol. The zero-order valence-corrected chi connectivity index (χ0v) is 15.6. The van der Waals surface area contributed by atoms with Crippen molar-refractivity contribution in [3.8, 4) is 22.9 Å². The van der Waals surface area contributed by atoms with Crippen LogP contribution in [0.4, 0.5) is 0 Å². The Morgan fingerprint density at radius 3 is 2.74 bits per heavy atom. The van der Waals surface area contributed by atoms with Crippen molar-refractivity contribution in [1.29, 1.82) is 0 Å². The van der Waals surface area contributed by atoms with Gasteiger partial charge in [-0.15, -0.1) is 0 Å². The average Bonchev–Trinajstić information content (AvgIpc) is 3.38. The van der Waals surface area contributed by atoms with Crippen molar-refractivity contribution in [2.75, 3.05) is 20.8 Å². The van der Waals surface area contributed by atoms with E-state index in [1.165, 1.54) is 10.5 Å². The van der Waals surface area contributed by atoms with Crippen molar-refractivity contribution in [3.05, 3.63) is 60.0 Å². The van der Waals surface area contributed by atoms with Gasteiger partial charge in [0.05, 0.1) is 26.3 Å². The lowest BCUT2D eigenvalue weighted by Gasteiger charge is -2.22. The summed E-state index contributed by atoms with van der Waals surface area (Å²) in [5.74, 6) is 3.05. The molecule has 140 valence electrons. The molecule has 0 radical (unpaired) electrons. The van der Waals surface area contributed by atoms with Crippen molar-refractivity contribution in [1.82, 2.24) is 10.1 Å². The normalized spacial score (nSPS) is 19.2. The third-order valence-corrected chi connectivity index (χ3v) is 5.17. The molecule has 3 aromatic rings. The van der Waals surface area contributed by atoms with E-state index in [1.807, 2.05) is 42.5 Å². The van der Waals surface area contributed by atoms with Crippen LogP contribution in [-0.4, -0.2) is 30.9 Å². The lowest BCUT2D eigenvalue weighted by atomic mass is 10.0. The van der Waals surface area contributed by atoms with E-state index in [1.54, 1.807) is 14.2 Å². The first-order valence-corrected chi connectivity index (χ1v) is 9.23. The number of ether oxygens (including phenoxy) is 2. The minimum Gasteiger partial charge on any atom is -0.497 e. The van der Waals surface area contributed by atoms with E-state index in [0.29, 0.717) is 24.3 Å². The molecule has 1 N–H and O–H groups in total. The molecule has 4 rings (SSSR count). The molecule has 1 aliphatic heterocycles. The van der Waals surface area contributed by atoms with Crippen LogP contribution in [0.15, 0.2) is 53.1 Å². The lowest BCUT2D eigenvalue weighted by Crippen LogP contribution is -3.09. The summed E-state index contributed by atoms with van der Waals surface area (Å²) >= 11 is 0. The molecule has 0 amide bonds. The highest BCUT2D eigenvalue weighted by Crippen LogP contribution is 2.32. The topological polar surface area (TPSA) is 61.8 Å². The number of hydrogen-bond acceptors (Lipinski definition) is 5. The Kier molecular flexibility index (Phi) is 5.07. The molecule has 0 bridgehead atoms. The Morgan fingerprint density at radius 1 is 1.11 bits per heavy atom. The van der Waals surface area contributed by atoms with Crippen LogP contribution in [0.3, 0.4) is 0 Å². The first-order chi connectivity index (χ1) is 13.3. The van der Waals surface area contributed by atoms with E-state index in [2.05, 4.69) is 16.2 Å². The van der Waals surface area contributed by atoms with Gasteiger partial charge in [0, 0.05) is 18.4 Å². The van der Waals surface area contributed by atoms with Crippen molar-refractivity contribution in [2.45, 2.75) is 25.4 Å². The number of rotatable bonds is 6. The largest absolute Gasteiger partial charge is 0.497 e. The van der Waals surface area contributed by atoms with Crippen molar-refractivity contribution in [2.24, 2.45) is 0 Å². The zero-order valence-electron chi connectivity index (χ0n) is 15.6. The summed E-state index contributed by atoms with van der Waals surface area (Å²) in [4.78, 5) is 6.00. The van der Waals surface area contributed by atoms with Gasteiger partial charge in [-0.3, -0.25) is 0 Å². The van der Waals surface area contributed by atoms with Gasteiger partial charge in [0.25, 0.3) is 5.89 Å². The van der Waals surface area contributed by atoms with Crippen LogP contribution >= 0.6 is 0 Å². The molecule has 2 heterocycles. The molecular weight excluding hydrogens is 342 g/mol. The summed E-state index contributed by atoms with van der Waals surface area (Å²) in [6.45, 7) is 1.76. The minimum absolute atomic E-state index is 0.321. The van der Waals surface area contributed by atoms with Gasteiger partial charge in [-0.05, 0) is 18.2 Å². The number of nitrogens with one attached hydrogen (secondary N) is 1. The molecule has 1 aromatic heterocycles.